The first-order valence-electron chi connectivity index (χ1n) is 5.46. The van der Waals surface area contributed by atoms with Gasteiger partial charge in [0.1, 0.15) is 5.51 Å². The first kappa shape index (κ1) is 11.9. The van der Waals surface area contributed by atoms with E-state index < -0.39 is 0 Å². The van der Waals surface area contributed by atoms with Crippen LogP contribution in [0.2, 0.25) is 0 Å². The van der Waals surface area contributed by atoms with Crippen molar-refractivity contribution < 1.29 is 4.79 Å². The zero-order valence-electron chi connectivity index (χ0n) is 9.18. The predicted molar refractivity (Wildman–Crippen MR) is 65.6 cm³/mol. The van der Waals surface area contributed by atoms with Crippen LogP contribution >= 0.6 is 23.1 Å². The van der Waals surface area contributed by atoms with E-state index in [2.05, 4.69) is 15.5 Å². The van der Waals surface area contributed by atoms with Gasteiger partial charge < -0.3 is 5.32 Å². The molecule has 4 nitrogen and oxygen atoms in total. The first-order chi connectivity index (χ1) is 7.75. The third-order valence-electron chi connectivity index (χ3n) is 2.78. The lowest BCUT2D eigenvalue weighted by atomic mass is 9.85. The summed E-state index contributed by atoms with van der Waals surface area (Å²) in [6.45, 7) is 2.74. The van der Waals surface area contributed by atoms with Crippen molar-refractivity contribution in [2.24, 2.45) is 5.92 Å². The molecule has 0 bridgehead atoms. The van der Waals surface area contributed by atoms with Crippen LogP contribution in [0.4, 0.5) is 0 Å². The van der Waals surface area contributed by atoms with E-state index in [9.17, 15) is 4.79 Å². The molecule has 1 aromatic rings. The van der Waals surface area contributed by atoms with Gasteiger partial charge in [0.25, 0.3) is 0 Å². The van der Waals surface area contributed by atoms with Gasteiger partial charge in [0.05, 0.1) is 5.25 Å². The number of rotatable bonds is 5. The van der Waals surface area contributed by atoms with Crippen LogP contribution in [-0.4, -0.2) is 27.9 Å². The maximum Gasteiger partial charge on any atom is 0.233 e. The Balaban J connectivity index is 1.71. The smallest absolute Gasteiger partial charge is 0.233 e. The summed E-state index contributed by atoms with van der Waals surface area (Å²) in [5.41, 5.74) is 1.68. The van der Waals surface area contributed by atoms with Gasteiger partial charge in [-0.25, -0.2) is 0 Å². The van der Waals surface area contributed by atoms with Crippen LogP contribution in [0, 0.1) is 5.92 Å². The number of carbonyl (C=O) groups is 1. The van der Waals surface area contributed by atoms with E-state index in [1.807, 2.05) is 6.92 Å². The summed E-state index contributed by atoms with van der Waals surface area (Å²) in [6, 6.07) is 0. The van der Waals surface area contributed by atoms with Gasteiger partial charge in [-0.2, -0.15) is 0 Å². The average molecular weight is 257 g/mol. The predicted octanol–water partition coefficient (Wildman–Crippen LogP) is 1.94. The van der Waals surface area contributed by atoms with Gasteiger partial charge in [-0.05, 0) is 25.7 Å². The number of carbonyl (C=O) groups excluding carboxylic acids is 1. The summed E-state index contributed by atoms with van der Waals surface area (Å²) in [4.78, 5) is 11.7. The number of aromatic nitrogens is 2. The van der Waals surface area contributed by atoms with E-state index in [-0.39, 0.29) is 11.2 Å². The van der Waals surface area contributed by atoms with Crippen LogP contribution in [-0.2, 0) is 4.79 Å². The molecule has 1 unspecified atom stereocenters. The normalized spacial score (nSPS) is 17.8. The Bertz CT molecular complexity index is 338. The highest BCUT2D eigenvalue weighted by molar-refractivity contribution is 8.02. The van der Waals surface area contributed by atoms with Crippen molar-refractivity contribution in [2.45, 2.75) is 35.8 Å². The van der Waals surface area contributed by atoms with Gasteiger partial charge >= 0.3 is 0 Å². The van der Waals surface area contributed by atoms with Crippen molar-refractivity contribution in [3.63, 3.8) is 0 Å². The molecule has 16 heavy (non-hydrogen) atoms. The van der Waals surface area contributed by atoms with Crippen LogP contribution in [0.5, 0.6) is 0 Å². The van der Waals surface area contributed by atoms with Crippen LogP contribution in [0.15, 0.2) is 9.85 Å². The number of hydrogen-bond acceptors (Lipinski definition) is 5. The second-order valence-electron chi connectivity index (χ2n) is 4.01. The lowest BCUT2D eigenvalue weighted by Crippen LogP contribution is -2.36. The molecule has 1 fully saturated rings. The minimum absolute atomic E-state index is 0.0898. The quantitative estimate of drug-likeness (QED) is 0.819. The number of amides is 1. The second-order valence-corrected chi connectivity index (χ2v) is 6.43. The van der Waals surface area contributed by atoms with E-state index in [0.29, 0.717) is 5.92 Å². The molecule has 1 N–H and O–H groups in total. The summed E-state index contributed by atoms with van der Waals surface area (Å²) >= 11 is 2.94. The van der Waals surface area contributed by atoms with Crippen molar-refractivity contribution in [3.05, 3.63) is 5.51 Å². The molecule has 1 amide bonds. The van der Waals surface area contributed by atoms with Crippen LogP contribution in [0.25, 0.3) is 0 Å². The van der Waals surface area contributed by atoms with Crippen LogP contribution in [0.3, 0.4) is 0 Å². The van der Waals surface area contributed by atoms with E-state index in [1.165, 1.54) is 42.4 Å². The monoisotopic (exact) mass is 257 g/mol. The van der Waals surface area contributed by atoms with Crippen LogP contribution < -0.4 is 5.32 Å². The third kappa shape index (κ3) is 3.18. The zero-order valence-corrected chi connectivity index (χ0v) is 10.8. The van der Waals surface area contributed by atoms with Crippen LogP contribution in [0.1, 0.15) is 26.2 Å². The molecule has 1 aliphatic carbocycles. The van der Waals surface area contributed by atoms with Gasteiger partial charge in [-0.1, -0.05) is 29.5 Å². The molecule has 0 saturated heterocycles. The lowest BCUT2D eigenvalue weighted by Gasteiger charge is -2.25. The Labute approximate surface area is 103 Å². The van der Waals surface area contributed by atoms with E-state index in [1.54, 1.807) is 5.51 Å². The summed E-state index contributed by atoms with van der Waals surface area (Å²) in [5.74, 6) is 0.815. The maximum atomic E-state index is 11.7. The SMILES string of the molecule is CC(Sc1nncs1)C(=O)NCC1CCC1. The Morgan fingerprint density at radius 2 is 2.56 bits per heavy atom. The number of hydrogen-bond donors (Lipinski definition) is 1. The molecule has 0 aromatic carbocycles. The molecule has 88 valence electrons. The molecule has 1 aromatic heterocycles. The highest BCUT2D eigenvalue weighted by Crippen LogP contribution is 2.26. The van der Waals surface area contributed by atoms with E-state index >= 15 is 0 Å². The molecule has 0 spiro atoms. The molecule has 0 radical (unpaired) electrons. The van der Waals surface area contributed by atoms with Crippen molar-refractivity contribution in [1.82, 2.24) is 15.5 Å². The summed E-state index contributed by atoms with van der Waals surface area (Å²) in [7, 11) is 0. The zero-order chi connectivity index (χ0) is 11.4. The summed E-state index contributed by atoms with van der Waals surface area (Å²) in [6.07, 6.45) is 3.84. The molecule has 1 heterocycles. The molecule has 2 rings (SSSR count). The minimum atomic E-state index is -0.0898. The van der Waals surface area contributed by atoms with Gasteiger partial charge in [-0.15, -0.1) is 10.2 Å². The molecule has 1 saturated carbocycles. The maximum absolute atomic E-state index is 11.7. The third-order valence-corrected chi connectivity index (χ3v) is 4.69. The van der Waals surface area contributed by atoms with Crippen molar-refractivity contribution >= 4 is 29.0 Å². The van der Waals surface area contributed by atoms with Gasteiger partial charge in [0.2, 0.25) is 5.91 Å². The standard InChI is InChI=1S/C10H15N3OS2/c1-7(16-10-13-12-6-15-10)9(14)11-5-8-3-2-4-8/h6-8H,2-5H2,1H3,(H,11,14). The molecular formula is C10H15N3OS2. The second kappa shape index (κ2) is 5.63. The molecular weight excluding hydrogens is 242 g/mol. The number of thioether (sulfide) groups is 1. The largest absolute Gasteiger partial charge is 0.355 e. The summed E-state index contributed by atoms with van der Waals surface area (Å²) in [5, 5.41) is 10.6. The Morgan fingerprint density at radius 1 is 1.75 bits per heavy atom. The fourth-order valence-electron chi connectivity index (χ4n) is 1.50. The van der Waals surface area contributed by atoms with Gasteiger partial charge in [0.15, 0.2) is 4.34 Å². The van der Waals surface area contributed by atoms with E-state index in [4.69, 9.17) is 0 Å². The van der Waals surface area contributed by atoms with Crippen molar-refractivity contribution in [3.8, 4) is 0 Å². The van der Waals surface area contributed by atoms with E-state index in [0.717, 1.165) is 10.9 Å². The summed E-state index contributed by atoms with van der Waals surface area (Å²) < 4.78 is 0.853. The molecule has 0 aliphatic heterocycles. The Morgan fingerprint density at radius 3 is 3.12 bits per heavy atom. The minimum Gasteiger partial charge on any atom is -0.355 e. The molecule has 1 aliphatic rings. The molecule has 6 heteroatoms. The highest BCUT2D eigenvalue weighted by Gasteiger charge is 2.20. The fraction of sp³-hybridized carbons (Fsp3) is 0.700. The molecule has 1 atom stereocenters. The highest BCUT2D eigenvalue weighted by atomic mass is 32.2. The van der Waals surface area contributed by atoms with Crippen molar-refractivity contribution in [1.29, 1.82) is 0 Å². The average Bonchev–Trinajstić information content (AvgIpc) is 2.67. The Kier molecular flexibility index (Phi) is 4.17. The number of nitrogens with one attached hydrogen (secondary N) is 1. The fourth-order valence-corrected chi connectivity index (χ4v) is 3.15. The van der Waals surface area contributed by atoms with Gasteiger partial charge in [0, 0.05) is 6.54 Å². The van der Waals surface area contributed by atoms with Gasteiger partial charge in [-0.3, -0.25) is 4.79 Å². The first-order valence-corrected chi connectivity index (χ1v) is 7.22. The number of nitrogens with zero attached hydrogens (tertiary/aromatic N) is 2. The Hall–Kier alpha value is -0.620. The van der Waals surface area contributed by atoms with Crippen molar-refractivity contribution in [2.75, 3.05) is 6.54 Å². The lowest BCUT2D eigenvalue weighted by molar-refractivity contribution is -0.120. The topological polar surface area (TPSA) is 54.9 Å².